The van der Waals surface area contributed by atoms with Crippen LogP contribution in [0.5, 0.6) is 5.75 Å². The highest BCUT2D eigenvalue weighted by atomic mass is 32.1. The predicted molar refractivity (Wildman–Crippen MR) is 74.0 cm³/mol. The van der Waals surface area contributed by atoms with Gasteiger partial charge in [0.05, 0.1) is 4.70 Å². The maximum absolute atomic E-state index is 11.2. The Morgan fingerprint density at radius 2 is 2.05 bits per heavy atom. The summed E-state index contributed by atoms with van der Waals surface area (Å²) in [6.45, 7) is 0. The Balaban J connectivity index is 1.56. The van der Waals surface area contributed by atoms with Crippen LogP contribution in [-0.4, -0.2) is 18.2 Å². The van der Waals surface area contributed by atoms with Crippen molar-refractivity contribution in [1.82, 2.24) is 5.32 Å². The van der Waals surface area contributed by atoms with Gasteiger partial charge in [0.2, 0.25) is 0 Å². The molecule has 1 aromatic carbocycles. The average molecular weight is 277 g/mol. The predicted octanol–water partition coefficient (Wildman–Crippen LogP) is 2.52. The van der Waals surface area contributed by atoms with E-state index in [1.165, 1.54) is 12.8 Å². The highest BCUT2D eigenvalue weighted by Crippen LogP contribution is 2.30. The molecule has 4 rings (SSSR count). The molecule has 2 bridgehead atoms. The molecule has 0 amide bonds. The number of nitrogens with one attached hydrogen (secondary N) is 1. The van der Waals surface area contributed by atoms with Crippen LogP contribution in [0.1, 0.15) is 25.7 Å². The van der Waals surface area contributed by atoms with Gasteiger partial charge >= 0.3 is 4.94 Å². The van der Waals surface area contributed by atoms with E-state index in [-0.39, 0.29) is 11.0 Å². The molecule has 2 aliphatic heterocycles. The van der Waals surface area contributed by atoms with Crippen molar-refractivity contribution in [2.45, 2.75) is 43.9 Å². The SMILES string of the molecule is O=c1oc2cc(OC3C[C@H]4CC[C@@H](C3)N4)ccc2s1. The van der Waals surface area contributed by atoms with E-state index in [1.807, 2.05) is 18.2 Å². The molecule has 4 nitrogen and oxygen atoms in total. The summed E-state index contributed by atoms with van der Waals surface area (Å²) in [4.78, 5) is 10.9. The fourth-order valence-corrected chi connectivity index (χ4v) is 3.87. The van der Waals surface area contributed by atoms with Crippen LogP contribution in [0.15, 0.2) is 27.4 Å². The molecule has 3 heterocycles. The molecule has 19 heavy (non-hydrogen) atoms. The normalized spacial score (nSPS) is 29.8. The quantitative estimate of drug-likeness (QED) is 0.916. The minimum atomic E-state index is -0.257. The van der Waals surface area contributed by atoms with Crippen LogP contribution >= 0.6 is 11.3 Å². The summed E-state index contributed by atoms with van der Waals surface area (Å²) in [5.41, 5.74) is 0.629. The first-order valence-electron chi connectivity index (χ1n) is 6.73. The second-order valence-electron chi connectivity index (χ2n) is 5.41. The first-order valence-corrected chi connectivity index (χ1v) is 7.54. The topological polar surface area (TPSA) is 51.5 Å². The number of ether oxygens (including phenoxy) is 1. The first-order chi connectivity index (χ1) is 9.26. The molecule has 0 spiro atoms. The summed E-state index contributed by atoms with van der Waals surface area (Å²) in [6.07, 6.45) is 4.96. The van der Waals surface area contributed by atoms with Gasteiger partial charge in [0.25, 0.3) is 0 Å². The number of fused-ring (bicyclic) bond motifs is 3. The van der Waals surface area contributed by atoms with Crippen molar-refractivity contribution in [2.24, 2.45) is 0 Å². The van der Waals surface area contributed by atoms with E-state index in [2.05, 4.69) is 5.32 Å². The third-order valence-electron chi connectivity index (χ3n) is 4.03. The Hall–Kier alpha value is -1.33. The third-order valence-corrected chi connectivity index (χ3v) is 4.84. The Kier molecular flexibility index (Phi) is 2.63. The monoisotopic (exact) mass is 277 g/mol. The van der Waals surface area contributed by atoms with E-state index >= 15 is 0 Å². The lowest BCUT2D eigenvalue weighted by Gasteiger charge is -2.29. The number of hydrogen-bond donors (Lipinski definition) is 1. The zero-order chi connectivity index (χ0) is 12.8. The highest BCUT2D eigenvalue weighted by molar-refractivity contribution is 7.16. The largest absolute Gasteiger partial charge is 0.490 e. The van der Waals surface area contributed by atoms with Crippen molar-refractivity contribution < 1.29 is 9.15 Å². The molecule has 3 atom stereocenters. The minimum absolute atomic E-state index is 0.257. The van der Waals surface area contributed by atoms with Crippen LogP contribution in [-0.2, 0) is 0 Å². The van der Waals surface area contributed by atoms with Gasteiger partial charge in [-0.1, -0.05) is 11.3 Å². The van der Waals surface area contributed by atoms with Crippen molar-refractivity contribution in [3.05, 3.63) is 27.9 Å². The van der Waals surface area contributed by atoms with Crippen molar-refractivity contribution in [1.29, 1.82) is 0 Å². The zero-order valence-corrected chi connectivity index (χ0v) is 11.2. The van der Waals surface area contributed by atoms with Crippen LogP contribution in [0.2, 0.25) is 0 Å². The molecule has 1 N–H and O–H groups in total. The second-order valence-corrected chi connectivity index (χ2v) is 6.39. The summed E-state index contributed by atoms with van der Waals surface area (Å²) in [5, 5.41) is 3.60. The van der Waals surface area contributed by atoms with Gasteiger partial charge in [-0.25, -0.2) is 4.79 Å². The summed E-state index contributed by atoms with van der Waals surface area (Å²) in [7, 11) is 0. The number of piperidine rings is 1. The fourth-order valence-electron chi connectivity index (χ4n) is 3.22. The Bertz CT molecular complexity index is 650. The molecule has 1 unspecified atom stereocenters. The van der Waals surface area contributed by atoms with Gasteiger partial charge < -0.3 is 14.5 Å². The van der Waals surface area contributed by atoms with Crippen molar-refractivity contribution in [3.8, 4) is 5.75 Å². The second kappa shape index (κ2) is 4.35. The summed E-state index contributed by atoms with van der Waals surface area (Å²) in [5.74, 6) is 0.806. The maximum Gasteiger partial charge on any atom is 0.396 e. The maximum atomic E-state index is 11.2. The average Bonchev–Trinajstić information content (AvgIpc) is 2.91. The van der Waals surface area contributed by atoms with Gasteiger partial charge in [0.15, 0.2) is 5.58 Å². The molecule has 2 aromatic rings. The smallest absolute Gasteiger partial charge is 0.396 e. The Morgan fingerprint density at radius 1 is 1.26 bits per heavy atom. The number of benzene rings is 1. The van der Waals surface area contributed by atoms with Gasteiger partial charge in [-0.05, 0) is 37.8 Å². The Morgan fingerprint density at radius 3 is 2.84 bits per heavy atom. The molecule has 5 heteroatoms. The molecule has 1 aromatic heterocycles. The number of rotatable bonds is 2. The van der Waals surface area contributed by atoms with Crippen LogP contribution in [0, 0.1) is 0 Å². The fraction of sp³-hybridized carbons (Fsp3) is 0.500. The molecule has 2 fully saturated rings. The summed E-state index contributed by atoms with van der Waals surface area (Å²) < 4.78 is 12.1. The molecule has 2 aliphatic rings. The van der Waals surface area contributed by atoms with Crippen molar-refractivity contribution in [2.75, 3.05) is 0 Å². The molecular formula is C14H15NO3S. The molecule has 0 radical (unpaired) electrons. The molecule has 2 saturated heterocycles. The van der Waals surface area contributed by atoms with E-state index in [0.717, 1.165) is 34.6 Å². The van der Waals surface area contributed by atoms with Crippen LogP contribution in [0.25, 0.3) is 10.3 Å². The lowest BCUT2D eigenvalue weighted by molar-refractivity contribution is 0.137. The van der Waals surface area contributed by atoms with Gasteiger partial charge in [0, 0.05) is 18.2 Å². The van der Waals surface area contributed by atoms with E-state index in [1.54, 1.807) is 0 Å². The van der Waals surface area contributed by atoms with E-state index in [0.29, 0.717) is 17.7 Å². The third kappa shape index (κ3) is 2.17. The van der Waals surface area contributed by atoms with Gasteiger partial charge in [-0.3, -0.25) is 0 Å². The molecule has 100 valence electrons. The van der Waals surface area contributed by atoms with Crippen LogP contribution in [0.4, 0.5) is 0 Å². The van der Waals surface area contributed by atoms with Crippen molar-refractivity contribution >= 4 is 21.6 Å². The summed E-state index contributed by atoms with van der Waals surface area (Å²) >= 11 is 1.13. The highest BCUT2D eigenvalue weighted by Gasteiger charge is 2.34. The minimum Gasteiger partial charge on any atom is -0.490 e. The standard InChI is InChI=1S/C14H15NO3S/c16-14-18-12-7-10(3-4-13(12)19-14)17-11-5-8-1-2-9(6-11)15-8/h3-4,7-9,11,15H,1-2,5-6H2/t8-,9+,11?. The van der Waals surface area contributed by atoms with E-state index in [9.17, 15) is 4.79 Å². The van der Waals surface area contributed by atoms with Gasteiger partial charge in [-0.15, -0.1) is 0 Å². The van der Waals surface area contributed by atoms with Crippen molar-refractivity contribution in [3.63, 3.8) is 0 Å². The lowest BCUT2D eigenvalue weighted by atomic mass is 10.0. The van der Waals surface area contributed by atoms with Gasteiger partial charge in [-0.2, -0.15) is 0 Å². The first kappa shape index (κ1) is 11.5. The molecular weight excluding hydrogens is 262 g/mol. The Labute approximate surface area is 114 Å². The van der Waals surface area contributed by atoms with Crippen LogP contribution < -0.4 is 15.0 Å². The molecule has 0 aliphatic carbocycles. The summed E-state index contributed by atoms with van der Waals surface area (Å²) in [6, 6.07) is 6.89. The van der Waals surface area contributed by atoms with E-state index < -0.39 is 0 Å². The zero-order valence-electron chi connectivity index (χ0n) is 10.4. The number of hydrogen-bond acceptors (Lipinski definition) is 5. The van der Waals surface area contributed by atoms with E-state index in [4.69, 9.17) is 9.15 Å². The van der Waals surface area contributed by atoms with Gasteiger partial charge in [0.1, 0.15) is 11.9 Å². The molecule has 0 saturated carbocycles. The van der Waals surface area contributed by atoms with Crippen LogP contribution in [0.3, 0.4) is 0 Å². The lowest BCUT2D eigenvalue weighted by Crippen LogP contribution is -2.42.